The Balaban J connectivity index is 1.88. The molecule has 4 rings (SSSR count). The Hall–Kier alpha value is -3.88. The first-order valence-corrected chi connectivity index (χ1v) is 8.65. The van der Waals surface area contributed by atoms with Crippen molar-refractivity contribution in [2.45, 2.75) is 25.2 Å². The van der Waals surface area contributed by atoms with Gasteiger partial charge in [0.15, 0.2) is 11.5 Å². The predicted octanol–water partition coefficient (Wildman–Crippen LogP) is 3.75. The van der Waals surface area contributed by atoms with Crippen LogP contribution >= 0.6 is 0 Å². The van der Waals surface area contributed by atoms with Gasteiger partial charge in [-0.15, -0.1) is 0 Å². The molecule has 9 heteroatoms. The highest BCUT2D eigenvalue weighted by Crippen LogP contribution is 2.52. The Kier molecular flexibility index (Phi) is 4.22. The van der Waals surface area contributed by atoms with Crippen LogP contribution in [0.15, 0.2) is 30.3 Å². The minimum Gasteiger partial charge on any atom is -0.478 e. The molecule has 2 N–H and O–H groups in total. The predicted molar refractivity (Wildman–Crippen MR) is 94.8 cm³/mol. The van der Waals surface area contributed by atoms with Gasteiger partial charge in [-0.2, -0.15) is 0 Å². The average molecular weight is 398 g/mol. The molecule has 2 aromatic rings. The summed E-state index contributed by atoms with van der Waals surface area (Å²) in [6.07, 6.45) is -1.88. The molecule has 2 atom stereocenters. The lowest BCUT2D eigenvalue weighted by Crippen LogP contribution is -2.15. The summed E-state index contributed by atoms with van der Waals surface area (Å²) in [7, 11) is 0. The second kappa shape index (κ2) is 6.62. The number of carboxylic acids is 2. The molecule has 148 valence electrons. The number of ether oxygens (including phenoxy) is 3. The van der Waals surface area contributed by atoms with Crippen molar-refractivity contribution >= 4 is 24.2 Å². The summed E-state index contributed by atoms with van der Waals surface area (Å²) >= 11 is 0. The summed E-state index contributed by atoms with van der Waals surface area (Å²) in [6.45, 7) is 1.95. The summed E-state index contributed by atoms with van der Waals surface area (Å²) in [6, 6.07) is 7.32. The molecular formula is C20H14O9. The number of rotatable bonds is 3. The van der Waals surface area contributed by atoms with Crippen LogP contribution in [-0.2, 0) is 4.74 Å². The fourth-order valence-corrected chi connectivity index (χ4v) is 3.90. The summed E-state index contributed by atoms with van der Waals surface area (Å²) in [5.74, 6) is -3.03. The van der Waals surface area contributed by atoms with E-state index in [-0.39, 0.29) is 28.5 Å². The molecule has 0 saturated carbocycles. The van der Waals surface area contributed by atoms with Crippen molar-refractivity contribution in [3.8, 4) is 11.5 Å². The standard InChI is InChI=1S/C20H14O9/c1-8-6-12(9-2-3-11(17(21)22)13(7-9)18(23)24)15-10(8)4-5-14-16(15)28-20(26)29-19(25)27-14/h2-5,7-8,12H,6H2,1H3,(H,21,22)(H,23,24). The number of carbonyl (C=O) groups excluding carboxylic acids is 2. The van der Waals surface area contributed by atoms with Gasteiger partial charge in [0, 0.05) is 11.5 Å². The zero-order valence-electron chi connectivity index (χ0n) is 15.0. The molecule has 29 heavy (non-hydrogen) atoms. The maximum Gasteiger partial charge on any atom is 0.524 e. The van der Waals surface area contributed by atoms with Gasteiger partial charge in [-0.25, -0.2) is 19.2 Å². The molecule has 2 unspecified atom stereocenters. The van der Waals surface area contributed by atoms with E-state index in [1.165, 1.54) is 24.3 Å². The molecule has 1 heterocycles. The van der Waals surface area contributed by atoms with Gasteiger partial charge >= 0.3 is 24.2 Å². The number of hydrogen-bond acceptors (Lipinski definition) is 7. The lowest BCUT2D eigenvalue weighted by atomic mass is 9.89. The number of cyclic esters (lactones) is 2. The van der Waals surface area contributed by atoms with E-state index in [4.69, 9.17) is 9.47 Å². The first-order chi connectivity index (χ1) is 13.8. The van der Waals surface area contributed by atoms with E-state index in [0.29, 0.717) is 17.5 Å². The van der Waals surface area contributed by atoms with Crippen LogP contribution in [0.4, 0.5) is 9.59 Å². The maximum atomic E-state index is 11.8. The summed E-state index contributed by atoms with van der Waals surface area (Å²) in [5, 5.41) is 18.6. The molecule has 0 saturated heterocycles. The summed E-state index contributed by atoms with van der Waals surface area (Å²) in [5.41, 5.74) is 1.29. The highest BCUT2D eigenvalue weighted by atomic mass is 16.8. The molecule has 1 aliphatic carbocycles. The monoisotopic (exact) mass is 398 g/mol. The van der Waals surface area contributed by atoms with Gasteiger partial charge in [-0.05, 0) is 41.7 Å². The van der Waals surface area contributed by atoms with Crippen LogP contribution in [0.2, 0.25) is 0 Å². The topological polar surface area (TPSA) is 136 Å². The Bertz CT molecular complexity index is 1090. The van der Waals surface area contributed by atoms with Gasteiger partial charge in [0.1, 0.15) is 0 Å². The van der Waals surface area contributed by atoms with Crippen LogP contribution in [0.25, 0.3) is 0 Å². The maximum absolute atomic E-state index is 11.8. The number of carbonyl (C=O) groups is 4. The second-order valence-electron chi connectivity index (χ2n) is 6.81. The Labute approximate surface area is 163 Å². The smallest absolute Gasteiger partial charge is 0.478 e. The van der Waals surface area contributed by atoms with E-state index >= 15 is 0 Å². The third-order valence-electron chi connectivity index (χ3n) is 5.11. The van der Waals surface area contributed by atoms with E-state index in [2.05, 4.69) is 4.74 Å². The van der Waals surface area contributed by atoms with Gasteiger partial charge in [-0.3, -0.25) is 0 Å². The molecule has 2 aliphatic rings. The van der Waals surface area contributed by atoms with E-state index in [0.717, 1.165) is 5.56 Å². The summed E-state index contributed by atoms with van der Waals surface area (Å²) in [4.78, 5) is 46.2. The van der Waals surface area contributed by atoms with E-state index in [9.17, 15) is 29.4 Å². The minimum atomic E-state index is -1.36. The molecule has 0 amide bonds. The molecular weight excluding hydrogens is 384 g/mol. The third kappa shape index (κ3) is 3.06. The first-order valence-electron chi connectivity index (χ1n) is 8.65. The molecule has 0 aromatic heterocycles. The molecule has 9 nitrogen and oxygen atoms in total. The second-order valence-corrected chi connectivity index (χ2v) is 6.81. The lowest BCUT2D eigenvalue weighted by Gasteiger charge is -2.17. The number of carboxylic acid groups (broad SMARTS) is 2. The number of benzene rings is 2. The highest BCUT2D eigenvalue weighted by molar-refractivity contribution is 6.01. The Morgan fingerprint density at radius 2 is 1.62 bits per heavy atom. The minimum absolute atomic E-state index is 0.0133. The largest absolute Gasteiger partial charge is 0.524 e. The van der Waals surface area contributed by atoms with Crippen molar-refractivity contribution in [1.29, 1.82) is 0 Å². The van der Waals surface area contributed by atoms with E-state index < -0.39 is 30.2 Å². The highest BCUT2D eigenvalue weighted by Gasteiger charge is 2.38. The van der Waals surface area contributed by atoms with Crippen LogP contribution < -0.4 is 9.47 Å². The normalized spacial score (nSPS) is 19.9. The van der Waals surface area contributed by atoms with Crippen molar-refractivity contribution in [3.63, 3.8) is 0 Å². The molecule has 2 aromatic carbocycles. The van der Waals surface area contributed by atoms with Gasteiger partial charge in [0.25, 0.3) is 0 Å². The van der Waals surface area contributed by atoms with Crippen LogP contribution in [0.5, 0.6) is 11.5 Å². The average Bonchev–Trinajstić information content (AvgIpc) is 2.91. The third-order valence-corrected chi connectivity index (χ3v) is 5.11. The molecule has 1 aliphatic heterocycles. The van der Waals surface area contributed by atoms with E-state index in [1.807, 2.05) is 6.92 Å². The van der Waals surface area contributed by atoms with Crippen LogP contribution in [0.1, 0.15) is 62.6 Å². The van der Waals surface area contributed by atoms with Crippen LogP contribution in [-0.4, -0.2) is 34.5 Å². The van der Waals surface area contributed by atoms with Crippen molar-refractivity contribution in [3.05, 3.63) is 58.1 Å². The lowest BCUT2D eigenvalue weighted by molar-refractivity contribution is 0.0651. The van der Waals surface area contributed by atoms with Gasteiger partial charge in [0.2, 0.25) is 0 Å². The van der Waals surface area contributed by atoms with Crippen molar-refractivity contribution in [2.24, 2.45) is 0 Å². The number of fused-ring (bicyclic) bond motifs is 3. The van der Waals surface area contributed by atoms with Gasteiger partial charge < -0.3 is 24.4 Å². The molecule has 0 spiro atoms. The molecule has 0 fully saturated rings. The molecule has 0 radical (unpaired) electrons. The van der Waals surface area contributed by atoms with Crippen molar-refractivity contribution in [2.75, 3.05) is 0 Å². The summed E-state index contributed by atoms with van der Waals surface area (Å²) < 4.78 is 14.5. The van der Waals surface area contributed by atoms with Crippen molar-refractivity contribution in [1.82, 2.24) is 0 Å². The SMILES string of the molecule is CC1CC(c2ccc(C(=O)O)c(C(=O)O)c2)c2c1ccc1c2OC(=O)OC(=O)O1. The first kappa shape index (κ1) is 18.5. The van der Waals surface area contributed by atoms with Crippen LogP contribution in [0, 0.1) is 0 Å². The number of hydrogen-bond donors (Lipinski definition) is 2. The van der Waals surface area contributed by atoms with Gasteiger partial charge in [-0.1, -0.05) is 19.1 Å². The Morgan fingerprint density at radius 3 is 2.31 bits per heavy atom. The van der Waals surface area contributed by atoms with E-state index in [1.54, 1.807) is 6.07 Å². The quantitative estimate of drug-likeness (QED) is 0.450. The van der Waals surface area contributed by atoms with Crippen LogP contribution in [0.3, 0.4) is 0 Å². The fraction of sp³-hybridized carbons (Fsp3) is 0.200. The zero-order valence-corrected chi connectivity index (χ0v) is 15.0. The van der Waals surface area contributed by atoms with Gasteiger partial charge in [0.05, 0.1) is 11.1 Å². The Morgan fingerprint density at radius 1 is 0.931 bits per heavy atom. The molecule has 0 bridgehead atoms. The van der Waals surface area contributed by atoms with Crippen molar-refractivity contribution < 1.29 is 43.6 Å². The fourth-order valence-electron chi connectivity index (χ4n) is 3.90. The zero-order chi connectivity index (χ0) is 20.9. The number of aromatic carboxylic acids is 2.